The standard InChI is InChI=1S/C5H11NO4/c6-3-4(8)2(7)1-10-5(3)9/h2-5,7-9H,1,6H2/t2-,3-,4+,5-/m0/s1. The van der Waals surface area contributed by atoms with Gasteiger partial charge in [-0.3, -0.25) is 0 Å². The minimum atomic E-state index is -1.17. The lowest BCUT2D eigenvalue weighted by Gasteiger charge is -2.32. The molecule has 4 atom stereocenters. The lowest BCUT2D eigenvalue weighted by atomic mass is 10.0. The predicted octanol–water partition coefficient (Wildman–Crippen LogP) is -2.62. The molecule has 5 heteroatoms. The summed E-state index contributed by atoms with van der Waals surface area (Å²) in [6.07, 6.45) is -3.25. The third-order valence-corrected chi connectivity index (χ3v) is 1.56. The van der Waals surface area contributed by atoms with Crippen LogP contribution in [0.1, 0.15) is 0 Å². The van der Waals surface area contributed by atoms with E-state index in [4.69, 9.17) is 21.1 Å². The highest BCUT2D eigenvalue weighted by molar-refractivity contribution is 4.84. The van der Waals surface area contributed by atoms with E-state index in [9.17, 15) is 0 Å². The highest BCUT2D eigenvalue weighted by Crippen LogP contribution is 2.10. The molecule has 5 nitrogen and oxygen atoms in total. The second-order valence-electron chi connectivity index (χ2n) is 2.36. The molecule has 1 rings (SSSR count). The zero-order valence-corrected chi connectivity index (χ0v) is 5.34. The van der Waals surface area contributed by atoms with Gasteiger partial charge in [-0.25, -0.2) is 0 Å². The van der Waals surface area contributed by atoms with E-state index in [0.717, 1.165) is 0 Å². The van der Waals surface area contributed by atoms with Crippen LogP contribution in [0, 0.1) is 0 Å². The SMILES string of the molecule is N[C@H]1[C@H](O)[C@@H](O)CO[C@@H]1O. The van der Waals surface area contributed by atoms with E-state index in [-0.39, 0.29) is 6.61 Å². The van der Waals surface area contributed by atoms with Gasteiger partial charge in [0.1, 0.15) is 12.2 Å². The van der Waals surface area contributed by atoms with Crippen LogP contribution in [-0.2, 0) is 4.74 Å². The molecular weight excluding hydrogens is 138 g/mol. The van der Waals surface area contributed by atoms with Gasteiger partial charge in [0.25, 0.3) is 0 Å². The minimum absolute atomic E-state index is 0.0734. The largest absolute Gasteiger partial charge is 0.389 e. The zero-order chi connectivity index (χ0) is 7.72. The first-order chi connectivity index (χ1) is 4.63. The van der Waals surface area contributed by atoms with Gasteiger partial charge in [0.05, 0.1) is 12.6 Å². The van der Waals surface area contributed by atoms with E-state index < -0.39 is 24.5 Å². The van der Waals surface area contributed by atoms with Gasteiger partial charge in [-0.05, 0) is 0 Å². The third kappa shape index (κ3) is 1.28. The number of aliphatic hydroxyl groups excluding tert-OH is 3. The highest BCUT2D eigenvalue weighted by Gasteiger charge is 2.34. The van der Waals surface area contributed by atoms with E-state index in [1.807, 2.05) is 0 Å². The lowest BCUT2D eigenvalue weighted by Crippen LogP contribution is -2.57. The molecule has 1 fully saturated rings. The number of hydrogen-bond donors (Lipinski definition) is 4. The number of aliphatic hydroxyl groups is 3. The van der Waals surface area contributed by atoms with Crippen molar-refractivity contribution in [3.05, 3.63) is 0 Å². The topological polar surface area (TPSA) is 95.9 Å². The maximum atomic E-state index is 9.00. The van der Waals surface area contributed by atoms with Crippen molar-refractivity contribution < 1.29 is 20.1 Å². The summed E-state index contributed by atoms with van der Waals surface area (Å²) in [7, 11) is 0. The summed E-state index contributed by atoms with van der Waals surface area (Å²) in [5, 5.41) is 26.7. The molecule has 0 saturated carbocycles. The van der Waals surface area contributed by atoms with Crippen molar-refractivity contribution in [2.75, 3.05) is 6.61 Å². The van der Waals surface area contributed by atoms with Crippen molar-refractivity contribution in [3.63, 3.8) is 0 Å². The summed E-state index contributed by atoms with van der Waals surface area (Å²) < 4.78 is 4.59. The molecular formula is C5H11NO4. The van der Waals surface area contributed by atoms with Gasteiger partial charge in [0.15, 0.2) is 6.29 Å². The maximum Gasteiger partial charge on any atom is 0.172 e. The fourth-order valence-corrected chi connectivity index (χ4v) is 0.832. The van der Waals surface area contributed by atoms with Crippen LogP contribution in [0.3, 0.4) is 0 Å². The molecule has 0 radical (unpaired) electrons. The van der Waals surface area contributed by atoms with Crippen molar-refractivity contribution in [2.24, 2.45) is 5.73 Å². The molecule has 0 bridgehead atoms. The van der Waals surface area contributed by atoms with Crippen molar-refractivity contribution >= 4 is 0 Å². The Bertz CT molecular complexity index is 106. The summed E-state index contributed by atoms with van der Waals surface area (Å²) >= 11 is 0. The number of nitrogens with two attached hydrogens (primary N) is 1. The first kappa shape index (κ1) is 7.90. The Labute approximate surface area is 58.0 Å². The summed E-state index contributed by atoms with van der Waals surface area (Å²) in [6.45, 7) is -0.0734. The molecule has 0 amide bonds. The van der Waals surface area contributed by atoms with Crippen LogP contribution < -0.4 is 5.73 Å². The third-order valence-electron chi connectivity index (χ3n) is 1.56. The Morgan fingerprint density at radius 2 is 1.90 bits per heavy atom. The Morgan fingerprint density at radius 3 is 2.40 bits per heavy atom. The van der Waals surface area contributed by atoms with Crippen LogP contribution in [0.15, 0.2) is 0 Å². The molecule has 10 heavy (non-hydrogen) atoms. The normalized spacial score (nSPS) is 49.2. The molecule has 1 aliphatic rings. The van der Waals surface area contributed by atoms with E-state index in [1.54, 1.807) is 0 Å². The van der Waals surface area contributed by atoms with Gasteiger partial charge < -0.3 is 25.8 Å². The average Bonchev–Trinajstić information content (AvgIpc) is 1.93. The van der Waals surface area contributed by atoms with Crippen molar-refractivity contribution in [1.29, 1.82) is 0 Å². The monoisotopic (exact) mass is 149 g/mol. The van der Waals surface area contributed by atoms with E-state index in [1.165, 1.54) is 0 Å². The number of hydrogen-bond acceptors (Lipinski definition) is 5. The minimum Gasteiger partial charge on any atom is -0.389 e. The zero-order valence-electron chi connectivity index (χ0n) is 5.34. The fourth-order valence-electron chi connectivity index (χ4n) is 0.832. The summed E-state index contributed by atoms with van der Waals surface area (Å²) in [4.78, 5) is 0. The molecule has 0 aliphatic carbocycles. The molecule has 5 N–H and O–H groups in total. The van der Waals surface area contributed by atoms with Crippen molar-refractivity contribution in [3.8, 4) is 0 Å². The van der Waals surface area contributed by atoms with Gasteiger partial charge in [-0.15, -0.1) is 0 Å². The van der Waals surface area contributed by atoms with Crippen LogP contribution in [0.2, 0.25) is 0 Å². The van der Waals surface area contributed by atoms with E-state index in [2.05, 4.69) is 4.74 Å². The molecule has 60 valence electrons. The van der Waals surface area contributed by atoms with Crippen LogP contribution >= 0.6 is 0 Å². The summed E-state index contributed by atoms with van der Waals surface area (Å²) in [5.74, 6) is 0. The molecule has 0 aromatic heterocycles. The van der Waals surface area contributed by atoms with E-state index in [0.29, 0.717) is 0 Å². The second kappa shape index (κ2) is 2.81. The van der Waals surface area contributed by atoms with E-state index >= 15 is 0 Å². The summed E-state index contributed by atoms with van der Waals surface area (Å²) in [5.41, 5.74) is 5.23. The molecule has 1 saturated heterocycles. The van der Waals surface area contributed by atoms with Crippen LogP contribution in [0.25, 0.3) is 0 Å². The molecule has 1 heterocycles. The van der Waals surface area contributed by atoms with Crippen LogP contribution in [0.5, 0.6) is 0 Å². The Hall–Kier alpha value is -0.200. The van der Waals surface area contributed by atoms with Crippen LogP contribution in [0.4, 0.5) is 0 Å². The summed E-state index contributed by atoms with van der Waals surface area (Å²) in [6, 6.07) is -0.913. The predicted molar refractivity (Wildman–Crippen MR) is 31.9 cm³/mol. The molecule has 0 aromatic carbocycles. The molecule has 0 unspecified atom stereocenters. The molecule has 0 spiro atoms. The Kier molecular flexibility index (Phi) is 2.22. The molecule has 1 aliphatic heterocycles. The van der Waals surface area contributed by atoms with Crippen molar-refractivity contribution in [2.45, 2.75) is 24.5 Å². The fraction of sp³-hybridized carbons (Fsp3) is 1.00. The van der Waals surface area contributed by atoms with Crippen molar-refractivity contribution in [1.82, 2.24) is 0 Å². The highest BCUT2D eigenvalue weighted by atomic mass is 16.6. The maximum absolute atomic E-state index is 9.00. The second-order valence-corrected chi connectivity index (χ2v) is 2.36. The Morgan fingerprint density at radius 1 is 1.30 bits per heavy atom. The quantitative estimate of drug-likeness (QED) is 0.302. The molecule has 0 aromatic rings. The Balaban J connectivity index is 2.52. The average molecular weight is 149 g/mol. The number of rotatable bonds is 0. The van der Waals surface area contributed by atoms with Gasteiger partial charge in [-0.1, -0.05) is 0 Å². The van der Waals surface area contributed by atoms with Crippen LogP contribution in [-0.4, -0.2) is 46.5 Å². The smallest absolute Gasteiger partial charge is 0.172 e. The number of ether oxygens (including phenoxy) is 1. The first-order valence-electron chi connectivity index (χ1n) is 3.04. The lowest BCUT2D eigenvalue weighted by molar-refractivity contribution is -0.205. The van der Waals surface area contributed by atoms with Gasteiger partial charge >= 0.3 is 0 Å². The van der Waals surface area contributed by atoms with Gasteiger partial charge in [0.2, 0.25) is 0 Å². The first-order valence-corrected chi connectivity index (χ1v) is 3.04. The van der Waals surface area contributed by atoms with Gasteiger partial charge in [0, 0.05) is 0 Å². The van der Waals surface area contributed by atoms with Gasteiger partial charge in [-0.2, -0.15) is 0 Å².